The monoisotopic (exact) mass is 540 g/mol. The molecule has 180 valence electrons. The highest BCUT2D eigenvalue weighted by molar-refractivity contribution is 7.97. The van der Waals surface area contributed by atoms with Gasteiger partial charge in [0.25, 0.3) is 0 Å². The van der Waals surface area contributed by atoms with Crippen molar-refractivity contribution in [1.82, 2.24) is 0 Å². The van der Waals surface area contributed by atoms with Gasteiger partial charge in [-0.15, -0.1) is 0 Å². The molecule has 3 aromatic rings. The summed E-state index contributed by atoms with van der Waals surface area (Å²) in [5.74, 6) is 0. The van der Waals surface area contributed by atoms with Gasteiger partial charge in [-0.25, -0.2) is 0 Å². The summed E-state index contributed by atoms with van der Waals surface area (Å²) in [5, 5.41) is 7.72. The van der Waals surface area contributed by atoms with Gasteiger partial charge >= 0.3 is 0 Å². The van der Waals surface area contributed by atoms with Gasteiger partial charge in [-0.05, 0) is 32.8 Å². The van der Waals surface area contributed by atoms with E-state index in [0.29, 0.717) is 0 Å². The average molecular weight is 541 g/mol. The molecule has 6 heteroatoms. The second kappa shape index (κ2) is 8.27. The van der Waals surface area contributed by atoms with E-state index in [2.05, 4.69) is 140 Å². The van der Waals surface area contributed by atoms with Crippen LogP contribution in [0.15, 0.2) is 54.6 Å². The standard InChI is InChI=1S/C27H48Si6/c1-28(2,3)30(6,7)32(10,11)33(12,13)31(8,9)29(4,5)27-25-20-16-14-18-23(25)22-24-19-15-17-21-26(24)27/h14-22H,1-13H3. The number of hydrogen-bond donors (Lipinski definition) is 0. The highest BCUT2D eigenvalue weighted by atomic mass is 30.0. The van der Waals surface area contributed by atoms with Crippen molar-refractivity contribution in [1.29, 1.82) is 0 Å². The van der Waals surface area contributed by atoms with Crippen LogP contribution < -0.4 is 5.19 Å². The third-order valence-corrected chi connectivity index (χ3v) is 132. The topological polar surface area (TPSA) is 0 Å². The lowest BCUT2D eigenvalue weighted by Crippen LogP contribution is -2.89. The normalized spacial score (nSPS) is 14.8. The lowest BCUT2D eigenvalue weighted by Gasteiger charge is -2.61. The molecule has 0 aliphatic rings. The van der Waals surface area contributed by atoms with Gasteiger partial charge in [0.2, 0.25) is 0 Å². The van der Waals surface area contributed by atoms with Crippen LogP contribution in [0.1, 0.15) is 0 Å². The van der Waals surface area contributed by atoms with E-state index in [-0.39, 0.29) is 0 Å². The largest absolute Gasteiger partial charge is 0.0735 e. The van der Waals surface area contributed by atoms with Gasteiger partial charge in [-0.1, -0.05) is 134 Å². The van der Waals surface area contributed by atoms with Gasteiger partial charge in [-0.3, -0.25) is 0 Å². The fourth-order valence-electron chi connectivity index (χ4n) is 6.28. The fraction of sp³-hybridized carbons (Fsp3) is 0.481. The maximum atomic E-state index is 2.88. The summed E-state index contributed by atoms with van der Waals surface area (Å²) in [5.41, 5.74) is 0. The zero-order valence-corrected chi connectivity index (χ0v) is 29.7. The van der Waals surface area contributed by atoms with E-state index in [9.17, 15) is 0 Å². The van der Waals surface area contributed by atoms with Crippen molar-refractivity contribution >= 4 is 70.4 Å². The summed E-state index contributed by atoms with van der Waals surface area (Å²) in [4.78, 5) is 0. The first kappa shape index (κ1) is 27.1. The van der Waals surface area contributed by atoms with Crippen LogP contribution >= 0.6 is 0 Å². The third-order valence-electron chi connectivity index (χ3n) is 11.5. The van der Waals surface area contributed by atoms with Crippen LogP contribution in [0.2, 0.25) is 85.1 Å². The van der Waals surface area contributed by atoms with Crippen LogP contribution in [-0.2, 0) is 0 Å². The van der Waals surface area contributed by atoms with Crippen molar-refractivity contribution in [2.24, 2.45) is 0 Å². The second-order valence-electron chi connectivity index (χ2n) is 14.1. The maximum Gasteiger partial charge on any atom is 0.0727 e. The molecular formula is C27H48Si6. The Balaban J connectivity index is 2.34. The molecule has 0 saturated heterocycles. The van der Waals surface area contributed by atoms with Crippen molar-refractivity contribution in [2.45, 2.75) is 85.1 Å². The molecule has 33 heavy (non-hydrogen) atoms. The molecule has 0 amide bonds. The van der Waals surface area contributed by atoms with E-state index in [4.69, 9.17) is 0 Å². The molecule has 0 aliphatic carbocycles. The Hall–Kier alpha value is -0.519. The molecule has 3 aromatic carbocycles. The molecule has 0 heterocycles. The zero-order valence-electron chi connectivity index (χ0n) is 23.7. The van der Waals surface area contributed by atoms with E-state index in [1.54, 1.807) is 16.0 Å². The van der Waals surface area contributed by atoms with Gasteiger partial charge in [0.05, 0.1) is 7.59 Å². The van der Waals surface area contributed by atoms with E-state index in [1.165, 1.54) is 10.8 Å². The summed E-state index contributed by atoms with van der Waals surface area (Å²) in [6, 6.07) is 20.9. The minimum Gasteiger partial charge on any atom is -0.0735 e. The zero-order chi connectivity index (χ0) is 25.3. The van der Waals surface area contributed by atoms with E-state index in [0.717, 1.165) is 0 Å². The van der Waals surface area contributed by atoms with Crippen molar-refractivity contribution in [3.8, 4) is 0 Å². The van der Waals surface area contributed by atoms with Crippen molar-refractivity contribution in [3.05, 3.63) is 54.6 Å². The van der Waals surface area contributed by atoms with Crippen LogP contribution in [0.25, 0.3) is 21.5 Å². The minimum atomic E-state index is -1.75. The van der Waals surface area contributed by atoms with E-state index in [1.807, 2.05) is 0 Å². The van der Waals surface area contributed by atoms with Crippen LogP contribution in [0.5, 0.6) is 0 Å². The molecule has 0 spiro atoms. The van der Waals surface area contributed by atoms with Crippen molar-refractivity contribution < 1.29 is 0 Å². The Morgan fingerprint density at radius 1 is 0.424 bits per heavy atom. The molecule has 0 nitrogen and oxygen atoms in total. The van der Waals surface area contributed by atoms with Crippen LogP contribution in [0, 0.1) is 0 Å². The SMILES string of the molecule is C[Si](C)(C)[Si](C)(C)[Si](C)(C)[Si](C)(C)[Si](C)(C)[Si](C)(C)c1c2ccccc2cc2ccccc12. The minimum absolute atomic E-state index is 1.16. The molecule has 0 aliphatic heterocycles. The van der Waals surface area contributed by atoms with Crippen LogP contribution in [-0.4, -0.2) is 43.6 Å². The molecule has 0 atom stereocenters. The molecular weight excluding hydrogens is 493 g/mol. The number of fused-ring (bicyclic) bond motifs is 2. The smallest absolute Gasteiger partial charge is 0.0727 e. The van der Waals surface area contributed by atoms with Crippen molar-refractivity contribution in [2.75, 3.05) is 0 Å². The van der Waals surface area contributed by atoms with Gasteiger partial charge in [0.1, 0.15) is 0 Å². The molecule has 3 rings (SSSR count). The summed E-state index contributed by atoms with van der Waals surface area (Å²) in [7, 11) is -8.57. The maximum absolute atomic E-state index is 2.88. The van der Waals surface area contributed by atoms with Crippen LogP contribution in [0.4, 0.5) is 0 Å². The lowest BCUT2D eigenvalue weighted by atomic mass is 10.0. The molecule has 0 bridgehead atoms. The Morgan fingerprint density at radius 2 is 0.788 bits per heavy atom. The Kier molecular flexibility index (Phi) is 6.78. The molecule has 0 N–H and O–H groups in total. The van der Waals surface area contributed by atoms with Gasteiger partial charge < -0.3 is 0 Å². The van der Waals surface area contributed by atoms with Crippen LogP contribution in [0.3, 0.4) is 0 Å². The second-order valence-corrected chi connectivity index (χ2v) is 79.6. The highest BCUT2D eigenvalue weighted by Crippen LogP contribution is 2.43. The molecule has 0 aromatic heterocycles. The molecule has 0 fully saturated rings. The summed E-state index contributed by atoms with van der Waals surface area (Å²) in [6.07, 6.45) is 0. The molecule has 0 radical (unpaired) electrons. The van der Waals surface area contributed by atoms with Gasteiger partial charge in [-0.2, -0.15) is 0 Å². The Labute approximate surface area is 209 Å². The summed E-state index contributed by atoms with van der Waals surface area (Å²) >= 11 is 0. The number of benzene rings is 3. The highest BCUT2D eigenvalue weighted by Gasteiger charge is 2.65. The fourth-order valence-corrected chi connectivity index (χ4v) is 157. The summed E-state index contributed by atoms with van der Waals surface area (Å²) in [6.45, 7) is 36.4. The Bertz CT molecular complexity index is 1130. The average Bonchev–Trinajstić information content (AvgIpc) is 2.70. The van der Waals surface area contributed by atoms with E-state index < -0.39 is 43.6 Å². The quantitative estimate of drug-likeness (QED) is 0.217. The van der Waals surface area contributed by atoms with Gasteiger partial charge in [0.15, 0.2) is 0 Å². The first-order chi connectivity index (χ1) is 14.8. The van der Waals surface area contributed by atoms with Gasteiger partial charge in [0, 0.05) is 36.0 Å². The number of hydrogen-bond acceptors (Lipinski definition) is 0. The van der Waals surface area contributed by atoms with E-state index >= 15 is 0 Å². The predicted octanol–water partition coefficient (Wildman–Crippen LogP) is 8.47. The molecule has 0 saturated carbocycles. The lowest BCUT2D eigenvalue weighted by molar-refractivity contribution is 1.72. The van der Waals surface area contributed by atoms with Crippen molar-refractivity contribution in [3.63, 3.8) is 0 Å². The Morgan fingerprint density at radius 3 is 1.18 bits per heavy atom. The summed E-state index contributed by atoms with van der Waals surface area (Å²) < 4.78 is 0. The predicted molar refractivity (Wildman–Crippen MR) is 172 cm³/mol. The first-order valence-electron chi connectivity index (χ1n) is 12.7. The first-order valence-corrected chi connectivity index (χ1v) is 36.2. The number of rotatable bonds is 6. The third kappa shape index (κ3) is 3.83. The molecule has 0 unspecified atom stereocenters.